The van der Waals surface area contributed by atoms with Gasteiger partial charge in [0, 0.05) is 12.0 Å². The van der Waals surface area contributed by atoms with E-state index in [9.17, 15) is 9.90 Å². The summed E-state index contributed by atoms with van der Waals surface area (Å²) < 4.78 is 6.22. The molecule has 1 aliphatic rings. The van der Waals surface area contributed by atoms with Crippen molar-refractivity contribution in [3.05, 3.63) is 89.5 Å². The standard InChI is InChI=1S/C24H23NO3/c1-16-8-5-6-11-18(16)19-12-7-13-22-20(19)15-23(28-22)21(25-24(26)27)14-17-9-3-2-4-10-17/h2-13,21,23,25H,14-15H2,1H3,(H,26,27). The lowest BCUT2D eigenvalue weighted by atomic mass is 9.92. The van der Waals surface area contributed by atoms with E-state index in [0.29, 0.717) is 12.8 Å². The largest absolute Gasteiger partial charge is 0.488 e. The van der Waals surface area contributed by atoms with E-state index in [1.54, 1.807) is 0 Å². The average molecular weight is 373 g/mol. The van der Waals surface area contributed by atoms with Crippen LogP contribution in [0.5, 0.6) is 5.75 Å². The molecular weight excluding hydrogens is 350 g/mol. The molecule has 0 saturated heterocycles. The Morgan fingerprint density at radius 2 is 1.75 bits per heavy atom. The Hall–Kier alpha value is -3.27. The molecule has 3 aromatic rings. The van der Waals surface area contributed by atoms with E-state index in [4.69, 9.17) is 4.74 Å². The van der Waals surface area contributed by atoms with E-state index in [-0.39, 0.29) is 12.1 Å². The third kappa shape index (κ3) is 3.72. The van der Waals surface area contributed by atoms with Gasteiger partial charge in [-0.2, -0.15) is 0 Å². The van der Waals surface area contributed by atoms with Gasteiger partial charge in [0.25, 0.3) is 0 Å². The number of rotatable bonds is 5. The quantitative estimate of drug-likeness (QED) is 0.672. The van der Waals surface area contributed by atoms with Gasteiger partial charge in [-0.25, -0.2) is 4.79 Å². The number of aryl methyl sites for hydroxylation is 1. The number of hydrogen-bond acceptors (Lipinski definition) is 2. The molecule has 142 valence electrons. The van der Waals surface area contributed by atoms with Crippen molar-refractivity contribution in [1.29, 1.82) is 0 Å². The van der Waals surface area contributed by atoms with Gasteiger partial charge in [-0.05, 0) is 41.7 Å². The first-order valence-corrected chi connectivity index (χ1v) is 9.50. The Kier molecular flexibility index (Phi) is 5.02. The van der Waals surface area contributed by atoms with Crippen LogP contribution in [-0.4, -0.2) is 23.3 Å². The first-order chi connectivity index (χ1) is 13.6. The predicted molar refractivity (Wildman–Crippen MR) is 110 cm³/mol. The second-order valence-corrected chi connectivity index (χ2v) is 7.20. The van der Waals surface area contributed by atoms with Gasteiger partial charge in [0.15, 0.2) is 0 Å². The highest BCUT2D eigenvalue weighted by molar-refractivity contribution is 5.73. The maximum absolute atomic E-state index is 11.4. The summed E-state index contributed by atoms with van der Waals surface area (Å²) in [6.07, 6.45) is -0.000531. The Morgan fingerprint density at radius 3 is 2.50 bits per heavy atom. The number of carbonyl (C=O) groups is 1. The van der Waals surface area contributed by atoms with Crippen molar-refractivity contribution in [2.24, 2.45) is 0 Å². The van der Waals surface area contributed by atoms with Gasteiger partial charge in [-0.1, -0.05) is 66.7 Å². The third-order valence-electron chi connectivity index (χ3n) is 5.31. The number of nitrogens with one attached hydrogen (secondary N) is 1. The van der Waals surface area contributed by atoms with Crippen molar-refractivity contribution in [1.82, 2.24) is 5.32 Å². The molecule has 2 unspecified atom stereocenters. The Morgan fingerprint density at radius 1 is 1.04 bits per heavy atom. The average Bonchev–Trinajstić information content (AvgIpc) is 3.13. The van der Waals surface area contributed by atoms with Gasteiger partial charge < -0.3 is 15.2 Å². The van der Waals surface area contributed by atoms with E-state index in [0.717, 1.165) is 22.4 Å². The molecule has 1 amide bonds. The summed E-state index contributed by atoms with van der Waals surface area (Å²) in [4.78, 5) is 11.4. The molecule has 4 heteroatoms. The summed E-state index contributed by atoms with van der Waals surface area (Å²) in [7, 11) is 0. The minimum absolute atomic E-state index is 0.239. The van der Waals surface area contributed by atoms with E-state index >= 15 is 0 Å². The smallest absolute Gasteiger partial charge is 0.405 e. The lowest BCUT2D eigenvalue weighted by molar-refractivity contribution is 0.154. The molecular formula is C24H23NO3. The minimum atomic E-state index is -1.03. The second-order valence-electron chi connectivity index (χ2n) is 7.20. The number of amides is 1. The SMILES string of the molecule is Cc1ccccc1-c1cccc2c1CC(C(Cc1ccccc1)NC(=O)O)O2. The fourth-order valence-corrected chi connectivity index (χ4v) is 3.95. The van der Waals surface area contributed by atoms with Gasteiger partial charge in [-0.3, -0.25) is 0 Å². The highest BCUT2D eigenvalue weighted by Crippen LogP contribution is 2.39. The second kappa shape index (κ2) is 7.77. The van der Waals surface area contributed by atoms with Crippen LogP contribution >= 0.6 is 0 Å². The van der Waals surface area contributed by atoms with E-state index in [2.05, 4.69) is 30.4 Å². The normalized spacial score (nSPS) is 16.1. The van der Waals surface area contributed by atoms with Crippen molar-refractivity contribution in [2.45, 2.75) is 31.9 Å². The summed E-state index contributed by atoms with van der Waals surface area (Å²) in [5, 5.41) is 12.0. The number of carboxylic acid groups (broad SMARTS) is 1. The van der Waals surface area contributed by atoms with Crippen LogP contribution in [0, 0.1) is 6.92 Å². The topological polar surface area (TPSA) is 58.6 Å². The maximum Gasteiger partial charge on any atom is 0.405 e. The highest BCUT2D eigenvalue weighted by atomic mass is 16.5. The molecule has 3 aromatic carbocycles. The number of hydrogen-bond donors (Lipinski definition) is 2. The monoisotopic (exact) mass is 373 g/mol. The Bertz CT molecular complexity index is 984. The van der Waals surface area contributed by atoms with Gasteiger partial charge in [0.1, 0.15) is 11.9 Å². The van der Waals surface area contributed by atoms with Crippen molar-refractivity contribution in [3.63, 3.8) is 0 Å². The zero-order valence-corrected chi connectivity index (χ0v) is 15.8. The van der Waals surface area contributed by atoms with Crippen LogP contribution in [0.15, 0.2) is 72.8 Å². The molecule has 0 aromatic heterocycles. The summed E-state index contributed by atoms with van der Waals surface area (Å²) in [6.45, 7) is 2.10. The zero-order chi connectivity index (χ0) is 19.5. The summed E-state index contributed by atoms with van der Waals surface area (Å²) in [5.41, 5.74) is 5.79. The van der Waals surface area contributed by atoms with Crippen LogP contribution in [0.2, 0.25) is 0 Å². The van der Waals surface area contributed by atoms with E-state index < -0.39 is 6.09 Å². The summed E-state index contributed by atoms with van der Waals surface area (Å²) in [6, 6.07) is 24.0. The third-order valence-corrected chi connectivity index (χ3v) is 5.31. The molecule has 0 aliphatic carbocycles. The molecule has 4 rings (SSSR count). The van der Waals surface area contributed by atoms with Crippen molar-refractivity contribution in [3.8, 4) is 16.9 Å². The molecule has 0 fully saturated rings. The van der Waals surface area contributed by atoms with E-state index in [1.165, 1.54) is 11.1 Å². The molecule has 1 heterocycles. The zero-order valence-electron chi connectivity index (χ0n) is 15.8. The van der Waals surface area contributed by atoms with Gasteiger partial charge in [0.2, 0.25) is 0 Å². The van der Waals surface area contributed by atoms with Crippen molar-refractivity contribution >= 4 is 6.09 Å². The van der Waals surface area contributed by atoms with Crippen molar-refractivity contribution < 1.29 is 14.6 Å². The molecule has 0 spiro atoms. The fraction of sp³-hybridized carbons (Fsp3) is 0.208. The fourth-order valence-electron chi connectivity index (χ4n) is 3.95. The molecule has 2 N–H and O–H groups in total. The molecule has 0 saturated carbocycles. The Balaban J connectivity index is 1.63. The molecule has 1 aliphatic heterocycles. The van der Waals surface area contributed by atoms with Crippen LogP contribution in [0.1, 0.15) is 16.7 Å². The summed E-state index contributed by atoms with van der Waals surface area (Å²) >= 11 is 0. The van der Waals surface area contributed by atoms with Crippen LogP contribution in [0.3, 0.4) is 0 Å². The minimum Gasteiger partial charge on any atom is -0.488 e. The molecule has 4 nitrogen and oxygen atoms in total. The van der Waals surface area contributed by atoms with Crippen LogP contribution in [0.4, 0.5) is 4.79 Å². The molecule has 0 radical (unpaired) electrons. The molecule has 2 atom stereocenters. The highest BCUT2D eigenvalue weighted by Gasteiger charge is 2.33. The van der Waals surface area contributed by atoms with Gasteiger partial charge in [0.05, 0.1) is 6.04 Å². The van der Waals surface area contributed by atoms with Gasteiger partial charge >= 0.3 is 6.09 Å². The number of fused-ring (bicyclic) bond motifs is 1. The predicted octanol–water partition coefficient (Wildman–Crippen LogP) is 4.84. The summed E-state index contributed by atoms with van der Waals surface area (Å²) in [5.74, 6) is 0.844. The number of benzene rings is 3. The first kappa shape index (κ1) is 18.1. The lowest BCUT2D eigenvalue weighted by Gasteiger charge is -2.23. The number of ether oxygens (including phenoxy) is 1. The van der Waals surface area contributed by atoms with E-state index in [1.807, 2.05) is 54.6 Å². The molecule has 0 bridgehead atoms. The van der Waals surface area contributed by atoms with Crippen molar-refractivity contribution in [2.75, 3.05) is 0 Å². The Labute approximate surface area is 164 Å². The maximum atomic E-state index is 11.4. The van der Waals surface area contributed by atoms with Gasteiger partial charge in [-0.15, -0.1) is 0 Å². The molecule has 28 heavy (non-hydrogen) atoms. The lowest BCUT2D eigenvalue weighted by Crippen LogP contribution is -2.46. The van der Waals surface area contributed by atoms with Crippen LogP contribution < -0.4 is 10.1 Å². The first-order valence-electron chi connectivity index (χ1n) is 9.50. The van der Waals surface area contributed by atoms with Crippen LogP contribution in [0.25, 0.3) is 11.1 Å². The van der Waals surface area contributed by atoms with Crippen LogP contribution in [-0.2, 0) is 12.8 Å².